The van der Waals surface area contributed by atoms with Gasteiger partial charge in [0.25, 0.3) is 0 Å². The zero-order chi connectivity index (χ0) is 27.3. The molecule has 0 unspecified atom stereocenters. The predicted molar refractivity (Wildman–Crippen MR) is 169 cm³/mol. The minimum atomic E-state index is 1.25. The van der Waals surface area contributed by atoms with Crippen LogP contribution in [0.15, 0.2) is 109 Å². The van der Waals surface area contributed by atoms with Gasteiger partial charge in [-0.1, -0.05) is 166 Å². The van der Waals surface area contributed by atoms with Gasteiger partial charge in [0.15, 0.2) is 0 Å². The molecule has 0 N–H and O–H groups in total. The molecule has 0 amide bonds. The van der Waals surface area contributed by atoms with Crippen molar-refractivity contribution in [1.29, 1.82) is 0 Å². The summed E-state index contributed by atoms with van der Waals surface area (Å²) in [5, 5.41) is 5.17. The Kier molecular flexibility index (Phi) is 18.0. The third-order valence-electron chi connectivity index (χ3n) is 5.03. The molecule has 0 bridgehead atoms. The number of benzene rings is 5. The molecule has 5 aromatic rings. The first kappa shape index (κ1) is 32.6. The molecule has 0 aromatic heterocycles. The van der Waals surface area contributed by atoms with E-state index in [2.05, 4.69) is 109 Å². The Morgan fingerprint density at radius 2 is 0.694 bits per heavy atom. The minimum Gasteiger partial charge on any atom is -0.0683 e. The van der Waals surface area contributed by atoms with Gasteiger partial charge in [0, 0.05) is 0 Å². The quantitative estimate of drug-likeness (QED) is 0.220. The lowest BCUT2D eigenvalue weighted by Gasteiger charge is -2.13. The molecule has 0 atom stereocenters. The number of fused-ring (bicyclic) bond motifs is 2. The van der Waals surface area contributed by atoms with Gasteiger partial charge in [0.05, 0.1) is 0 Å². The molecule has 0 heteroatoms. The van der Waals surface area contributed by atoms with Crippen molar-refractivity contribution in [1.82, 2.24) is 0 Å². The molecular weight excluding hydrogens is 432 g/mol. The van der Waals surface area contributed by atoms with Crippen LogP contribution in [0.3, 0.4) is 0 Å². The van der Waals surface area contributed by atoms with Gasteiger partial charge in [0.1, 0.15) is 0 Å². The summed E-state index contributed by atoms with van der Waals surface area (Å²) in [4.78, 5) is 0. The number of hydrogen-bond acceptors (Lipinski definition) is 0. The van der Waals surface area contributed by atoms with Gasteiger partial charge in [-0.05, 0) is 55.9 Å². The Labute approximate surface area is 222 Å². The number of hydrogen-bond donors (Lipinski definition) is 0. The molecule has 36 heavy (non-hydrogen) atoms. The second-order valence-electron chi connectivity index (χ2n) is 6.64. The summed E-state index contributed by atoms with van der Waals surface area (Å²) in [6.07, 6.45) is 0. The van der Waals surface area contributed by atoms with Crippen molar-refractivity contribution < 1.29 is 0 Å². The lowest BCUT2D eigenvalue weighted by molar-refractivity contribution is 1.50. The van der Waals surface area contributed by atoms with E-state index in [1.54, 1.807) is 0 Å². The maximum absolute atomic E-state index is 2.31. The Hall–Kier alpha value is -3.38. The Bertz CT molecular complexity index is 1160. The molecule has 0 heterocycles. The van der Waals surface area contributed by atoms with E-state index >= 15 is 0 Å². The Morgan fingerprint density at radius 1 is 0.306 bits per heavy atom. The van der Waals surface area contributed by atoms with Crippen LogP contribution in [0.25, 0.3) is 43.8 Å². The zero-order valence-electron chi connectivity index (χ0n) is 24.4. The minimum absolute atomic E-state index is 1.25. The predicted octanol–water partition coefficient (Wildman–Crippen LogP) is 12.5. The van der Waals surface area contributed by atoms with Gasteiger partial charge < -0.3 is 0 Å². The lowest BCUT2D eigenvalue weighted by Crippen LogP contribution is -1.86. The van der Waals surface area contributed by atoms with Crippen LogP contribution in [0.5, 0.6) is 0 Å². The van der Waals surface area contributed by atoms with Crippen molar-refractivity contribution in [3.05, 3.63) is 109 Å². The van der Waals surface area contributed by atoms with E-state index in [0.717, 1.165) is 0 Å². The fourth-order valence-corrected chi connectivity index (χ4v) is 3.81. The van der Waals surface area contributed by atoms with Crippen molar-refractivity contribution in [2.75, 3.05) is 0 Å². The van der Waals surface area contributed by atoms with Crippen molar-refractivity contribution in [2.45, 2.75) is 69.2 Å². The molecule has 5 aromatic carbocycles. The smallest absolute Gasteiger partial charge is 0.00266 e. The highest BCUT2D eigenvalue weighted by Crippen LogP contribution is 2.37. The third kappa shape index (κ3) is 8.38. The van der Waals surface area contributed by atoms with Gasteiger partial charge in [0.2, 0.25) is 0 Å². The molecule has 0 saturated carbocycles. The van der Waals surface area contributed by atoms with E-state index in [9.17, 15) is 0 Å². The topological polar surface area (TPSA) is 0 Å². The maximum Gasteiger partial charge on any atom is -0.00266 e. The van der Waals surface area contributed by atoms with E-state index in [0.29, 0.717) is 0 Å². The summed E-state index contributed by atoms with van der Waals surface area (Å²) >= 11 is 0. The normalized spacial score (nSPS) is 8.83. The van der Waals surface area contributed by atoms with Crippen LogP contribution in [0.2, 0.25) is 0 Å². The van der Waals surface area contributed by atoms with Gasteiger partial charge >= 0.3 is 0 Å². The molecule has 0 fully saturated rings. The second-order valence-corrected chi connectivity index (χ2v) is 6.64. The zero-order valence-corrected chi connectivity index (χ0v) is 24.4. The summed E-state index contributed by atoms with van der Waals surface area (Å²) in [5.41, 5.74) is 5.08. The maximum atomic E-state index is 2.31. The first-order valence-electron chi connectivity index (χ1n) is 14.0. The third-order valence-corrected chi connectivity index (χ3v) is 5.03. The van der Waals surface area contributed by atoms with E-state index in [4.69, 9.17) is 0 Å². The van der Waals surface area contributed by atoms with E-state index in [1.165, 1.54) is 43.8 Å². The van der Waals surface area contributed by atoms with Crippen LogP contribution in [-0.2, 0) is 0 Å². The summed E-state index contributed by atoms with van der Waals surface area (Å²) < 4.78 is 0. The van der Waals surface area contributed by atoms with Gasteiger partial charge in [-0.3, -0.25) is 0 Å². The van der Waals surface area contributed by atoms with Crippen LogP contribution < -0.4 is 0 Å². The summed E-state index contributed by atoms with van der Waals surface area (Å²) in [6.45, 7) is 20.0. The molecule has 0 spiro atoms. The average molecular weight is 481 g/mol. The molecule has 192 valence electrons. The van der Waals surface area contributed by atoms with E-state index < -0.39 is 0 Å². The SMILES string of the molecule is CC.CC.CC.CC.CC.c1ccc(-c2cccc(-c3c4ccccc4cc4ccccc34)c2)cc1. The molecule has 0 radical (unpaired) electrons. The highest BCUT2D eigenvalue weighted by atomic mass is 14.1. The molecule has 0 aliphatic rings. The summed E-state index contributed by atoms with van der Waals surface area (Å²) in [6, 6.07) is 39.1. The molecule has 0 saturated heterocycles. The molecule has 5 rings (SSSR count). The van der Waals surface area contributed by atoms with Gasteiger partial charge in [-0.2, -0.15) is 0 Å². The number of rotatable bonds is 2. The highest BCUT2D eigenvalue weighted by molar-refractivity contribution is 6.12. The Balaban J connectivity index is 0.00000110. The van der Waals surface area contributed by atoms with E-state index in [-0.39, 0.29) is 0 Å². The monoisotopic (exact) mass is 480 g/mol. The van der Waals surface area contributed by atoms with Crippen LogP contribution in [0, 0.1) is 0 Å². The molecule has 0 aliphatic heterocycles. The second kappa shape index (κ2) is 19.9. The summed E-state index contributed by atoms with van der Waals surface area (Å²) in [7, 11) is 0. The largest absolute Gasteiger partial charge is 0.0683 e. The van der Waals surface area contributed by atoms with Gasteiger partial charge in [-0.25, -0.2) is 0 Å². The summed E-state index contributed by atoms with van der Waals surface area (Å²) in [5.74, 6) is 0. The fraction of sp³-hybridized carbons (Fsp3) is 0.278. The fourth-order valence-electron chi connectivity index (χ4n) is 3.81. The lowest BCUT2D eigenvalue weighted by atomic mass is 9.90. The van der Waals surface area contributed by atoms with Crippen LogP contribution in [-0.4, -0.2) is 0 Å². The van der Waals surface area contributed by atoms with Crippen molar-refractivity contribution in [2.24, 2.45) is 0 Å². The molecule has 0 aliphatic carbocycles. The van der Waals surface area contributed by atoms with Crippen LogP contribution in [0.4, 0.5) is 0 Å². The first-order chi connectivity index (χ1) is 17.9. The van der Waals surface area contributed by atoms with Crippen LogP contribution >= 0.6 is 0 Å². The van der Waals surface area contributed by atoms with Crippen molar-refractivity contribution >= 4 is 21.5 Å². The molecular formula is C36H48. The van der Waals surface area contributed by atoms with Crippen LogP contribution in [0.1, 0.15) is 69.2 Å². The average Bonchev–Trinajstić information content (AvgIpc) is 3.01. The van der Waals surface area contributed by atoms with Crippen molar-refractivity contribution in [3.8, 4) is 22.3 Å². The Morgan fingerprint density at radius 3 is 1.19 bits per heavy atom. The molecule has 0 nitrogen and oxygen atoms in total. The van der Waals surface area contributed by atoms with Crippen molar-refractivity contribution in [3.63, 3.8) is 0 Å². The van der Waals surface area contributed by atoms with Gasteiger partial charge in [-0.15, -0.1) is 0 Å². The van der Waals surface area contributed by atoms with E-state index in [1.807, 2.05) is 69.2 Å². The first-order valence-corrected chi connectivity index (χ1v) is 14.0. The standard InChI is InChI=1S/C26H18.5C2H6/c1-2-9-19(10-3-1)20-13-8-14-23(17-20)26-24-15-6-4-11-21(24)18-22-12-5-7-16-25(22)26;5*1-2/h1-18H;5*1-2H3. The highest BCUT2D eigenvalue weighted by Gasteiger charge is 2.10.